The molecule has 0 bridgehead atoms. The molecule has 6 nitrogen and oxygen atoms in total. The van der Waals surface area contributed by atoms with Gasteiger partial charge in [-0.3, -0.25) is 4.79 Å². The number of esters is 1. The van der Waals surface area contributed by atoms with Gasteiger partial charge in [0.15, 0.2) is 0 Å². The molecule has 4 atom stereocenters. The summed E-state index contributed by atoms with van der Waals surface area (Å²) in [6, 6.07) is 0. The molecule has 88 valence electrons. The summed E-state index contributed by atoms with van der Waals surface area (Å²) in [5.74, 6) is -0.481. The second-order valence-electron chi connectivity index (χ2n) is 3.28. The highest BCUT2D eigenvalue weighted by Gasteiger charge is 2.41. The van der Waals surface area contributed by atoms with Gasteiger partial charge in [-0.1, -0.05) is 0 Å². The molecule has 1 aliphatic heterocycles. The Labute approximate surface area is 88.1 Å². The second kappa shape index (κ2) is 5.41. The number of carbonyl (C=O) groups excluding carboxylic acids is 1. The number of ether oxygens (including phenoxy) is 4. The van der Waals surface area contributed by atoms with Gasteiger partial charge in [-0.2, -0.15) is 0 Å². The van der Waals surface area contributed by atoms with E-state index in [4.69, 9.17) is 18.9 Å². The SMILES string of the molecule is COC1COC(OC(C)=O)C(OC)C1O. The number of rotatable bonds is 3. The van der Waals surface area contributed by atoms with Crippen molar-refractivity contribution in [3.8, 4) is 0 Å². The molecule has 1 fully saturated rings. The van der Waals surface area contributed by atoms with Gasteiger partial charge in [0.1, 0.15) is 18.3 Å². The third kappa shape index (κ3) is 2.88. The van der Waals surface area contributed by atoms with Gasteiger partial charge in [-0.05, 0) is 0 Å². The van der Waals surface area contributed by atoms with E-state index in [1.807, 2.05) is 0 Å². The molecule has 1 rings (SSSR count). The molecule has 1 heterocycles. The van der Waals surface area contributed by atoms with Crippen molar-refractivity contribution < 1.29 is 28.8 Å². The van der Waals surface area contributed by atoms with Crippen LogP contribution < -0.4 is 0 Å². The molecular weight excluding hydrogens is 204 g/mol. The molecule has 0 aliphatic carbocycles. The van der Waals surface area contributed by atoms with E-state index in [-0.39, 0.29) is 6.61 Å². The van der Waals surface area contributed by atoms with E-state index in [0.29, 0.717) is 0 Å². The largest absolute Gasteiger partial charge is 0.433 e. The van der Waals surface area contributed by atoms with Crippen LogP contribution in [0, 0.1) is 0 Å². The summed E-state index contributed by atoms with van der Waals surface area (Å²) in [6.07, 6.45) is -2.96. The second-order valence-corrected chi connectivity index (χ2v) is 3.28. The van der Waals surface area contributed by atoms with Crippen LogP contribution in [-0.4, -0.2) is 56.5 Å². The van der Waals surface area contributed by atoms with Crippen molar-refractivity contribution in [3.63, 3.8) is 0 Å². The zero-order valence-corrected chi connectivity index (χ0v) is 9.00. The maximum atomic E-state index is 10.8. The Morgan fingerprint density at radius 2 is 2.07 bits per heavy atom. The Hall–Kier alpha value is -0.690. The summed E-state index contributed by atoms with van der Waals surface area (Å²) >= 11 is 0. The summed E-state index contributed by atoms with van der Waals surface area (Å²) in [5.41, 5.74) is 0. The van der Waals surface area contributed by atoms with Gasteiger partial charge in [-0.25, -0.2) is 0 Å². The standard InChI is InChI=1S/C9H16O6/c1-5(10)15-9-8(13-3)7(11)6(12-2)4-14-9/h6-9,11H,4H2,1-3H3. The molecule has 0 saturated carbocycles. The van der Waals surface area contributed by atoms with Crippen LogP contribution in [0.4, 0.5) is 0 Å². The van der Waals surface area contributed by atoms with Crippen LogP contribution in [0.2, 0.25) is 0 Å². The highest BCUT2D eigenvalue weighted by Crippen LogP contribution is 2.20. The van der Waals surface area contributed by atoms with E-state index in [1.165, 1.54) is 21.1 Å². The number of aliphatic hydroxyl groups excluding tert-OH is 1. The Morgan fingerprint density at radius 1 is 1.40 bits per heavy atom. The lowest BCUT2D eigenvalue weighted by Crippen LogP contribution is -2.55. The van der Waals surface area contributed by atoms with Crippen molar-refractivity contribution in [2.24, 2.45) is 0 Å². The number of aliphatic hydroxyl groups is 1. The van der Waals surface area contributed by atoms with E-state index in [2.05, 4.69) is 0 Å². The average molecular weight is 220 g/mol. The van der Waals surface area contributed by atoms with Crippen LogP contribution in [-0.2, 0) is 23.7 Å². The number of hydrogen-bond donors (Lipinski definition) is 1. The Balaban J connectivity index is 2.63. The fourth-order valence-electron chi connectivity index (χ4n) is 1.48. The maximum absolute atomic E-state index is 10.8. The first-order valence-corrected chi connectivity index (χ1v) is 4.62. The minimum atomic E-state index is -0.881. The van der Waals surface area contributed by atoms with Crippen molar-refractivity contribution in [3.05, 3.63) is 0 Å². The molecule has 6 heteroatoms. The number of methoxy groups -OCH3 is 2. The molecule has 15 heavy (non-hydrogen) atoms. The van der Waals surface area contributed by atoms with E-state index < -0.39 is 30.6 Å². The first-order chi connectivity index (χ1) is 7.10. The predicted octanol–water partition coefficient (Wildman–Crippen LogP) is -0.703. The van der Waals surface area contributed by atoms with Crippen molar-refractivity contribution in [2.45, 2.75) is 31.5 Å². The topological polar surface area (TPSA) is 74.2 Å². The van der Waals surface area contributed by atoms with Gasteiger partial charge in [0.05, 0.1) is 6.61 Å². The minimum absolute atomic E-state index is 0.162. The lowest BCUT2D eigenvalue weighted by atomic mass is 10.1. The fraction of sp³-hybridized carbons (Fsp3) is 0.889. The van der Waals surface area contributed by atoms with Gasteiger partial charge in [0.2, 0.25) is 6.29 Å². The zero-order chi connectivity index (χ0) is 11.4. The Kier molecular flexibility index (Phi) is 4.46. The summed E-state index contributed by atoms with van der Waals surface area (Å²) in [7, 11) is 2.88. The molecule has 0 aromatic heterocycles. The molecule has 1 N–H and O–H groups in total. The van der Waals surface area contributed by atoms with Gasteiger partial charge >= 0.3 is 5.97 Å². The van der Waals surface area contributed by atoms with E-state index in [1.54, 1.807) is 0 Å². The molecular formula is C9H16O6. The van der Waals surface area contributed by atoms with Crippen LogP contribution in [0.5, 0.6) is 0 Å². The smallest absolute Gasteiger partial charge is 0.305 e. The summed E-state index contributed by atoms with van der Waals surface area (Å²) < 4.78 is 20.1. The molecule has 0 radical (unpaired) electrons. The van der Waals surface area contributed by atoms with E-state index in [9.17, 15) is 9.90 Å². The number of hydrogen-bond acceptors (Lipinski definition) is 6. The Bertz CT molecular complexity index is 219. The zero-order valence-electron chi connectivity index (χ0n) is 9.00. The van der Waals surface area contributed by atoms with E-state index >= 15 is 0 Å². The Morgan fingerprint density at radius 3 is 2.53 bits per heavy atom. The van der Waals surface area contributed by atoms with Crippen LogP contribution in [0.25, 0.3) is 0 Å². The minimum Gasteiger partial charge on any atom is -0.433 e. The fourth-order valence-corrected chi connectivity index (χ4v) is 1.48. The monoisotopic (exact) mass is 220 g/mol. The normalized spacial score (nSPS) is 36.3. The maximum Gasteiger partial charge on any atom is 0.305 e. The van der Waals surface area contributed by atoms with E-state index in [0.717, 1.165) is 0 Å². The molecule has 0 aromatic rings. The summed E-state index contributed by atoms with van der Waals surface area (Å²) in [5, 5.41) is 9.79. The molecule has 1 aliphatic rings. The van der Waals surface area contributed by atoms with Crippen molar-refractivity contribution in [1.29, 1.82) is 0 Å². The van der Waals surface area contributed by atoms with Crippen molar-refractivity contribution >= 4 is 5.97 Å². The van der Waals surface area contributed by atoms with Crippen LogP contribution in [0.1, 0.15) is 6.92 Å². The average Bonchev–Trinajstić information content (AvgIpc) is 2.18. The first kappa shape index (κ1) is 12.4. The first-order valence-electron chi connectivity index (χ1n) is 4.62. The molecule has 1 saturated heterocycles. The van der Waals surface area contributed by atoms with Crippen molar-refractivity contribution in [1.82, 2.24) is 0 Å². The van der Waals surface area contributed by atoms with Gasteiger partial charge in [-0.15, -0.1) is 0 Å². The highest BCUT2D eigenvalue weighted by atomic mass is 16.7. The molecule has 0 amide bonds. The third-order valence-corrected chi connectivity index (χ3v) is 2.27. The summed E-state index contributed by atoms with van der Waals surface area (Å²) in [6.45, 7) is 1.43. The number of carbonyl (C=O) groups is 1. The molecule has 4 unspecified atom stereocenters. The van der Waals surface area contributed by atoms with Gasteiger partial charge in [0.25, 0.3) is 0 Å². The van der Waals surface area contributed by atoms with Crippen LogP contribution in [0.15, 0.2) is 0 Å². The highest BCUT2D eigenvalue weighted by molar-refractivity contribution is 5.66. The lowest BCUT2D eigenvalue weighted by molar-refractivity contribution is -0.270. The lowest BCUT2D eigenvalue weighted by Gasteiger charge is -2.37. The van der Waals surface area contributed by atoms with Crippen LogP contribution >= 0.6 is 0 Å². The van der Waals surface area contributed by atoms with Gasteiger partial charge < -0.3 is 24.1 Å². The third-order valence-electron chi connectivity index (χ3n) is 2.27. The van der Waals surface area contributed by atoms with Gasteiger partial charge in [0, 0.05) is 21.1 Å². The molecule has 0 spiro atoms. The quantitative estimate of drug-likeness (QED) is 0.634. The van der Waals surface area contributed by atoms with Crippen molar-refractivity contribution in [2.75, 3.05) is 20.8 Å². The van der Waals surface area contributed by atoms with Crippen LogP contribution in [0.3, 0.4) is 0 Å². The molecule has 0 aromatic carbocycles. The predicted molar refractivity (Wildman–Crippen MR) is 49.1 cm³/mol. The summed E-state index contributed by atoms with van der Waals surface area (Å²) in [4.78, 5) is 10.8.